The Balaban J connectivity index is 2.38. The standard InChI is InChI=1S/C15H17BrCl2N2/c1-15(2,3)13-12(8-17)14(18)20(19-13)9-10-4-6-11(16)7-5-10/h4-7H,8-9H2,1-3H3. The highest BCUT2D eigenvalue weighted by Crippen LogP contribution is 2.31. The summed E-state index contributed by atoms with van der Waals surface area (Å²) in [5.74, 6) is 0.381. The first-order valence-corrected chi connectivity index (χ1v) is 8.09. The van der Waals surface area contributed by atoms with Crippen molar-refractivity contribution >= 4 is 39.1 Å². The lowest BCUT2D eigenvalue weighted by atomic mass is 9.90. The van der Waals surface area contributed by atoms with Crippen molar-refractivity contribution in [1.82, 2.24) is 9.78 Å². The largest absolute Gasteiger partial charge is 0.249 e. The predicted octanol–water partition coefficient (Wildman–Crippen LogP) is 5.38. The molecular weight excluding hydrogens is 359 g/mol. The molecule has 0 bridgehead atoms. The van der Waals surface area contributed by atoms with Crippen LogP contribution >= 0.6 is 39.1 Å². The second-order valence-electron chi connectivity index (χ2n) is 5.79. The van der Waals surface area contributed by atoms with E-state index in [9.17, 15) is 0 Å². The fraction of sp³-hybridized carbons (Fsp3) is 0.400. The van der Waals surface area contributed by atoms with Crippen molar-refractivity contribution < 1.29 is 0 Å². The maximum absolute atomic E-state index is 6.42. The highest BCUT2D eigenvalue weighted by molar-refractivity contribution is 9.10. The minimum Gasteiger partial charge on any atom is -0.249 e. The van der Waals surface area contributed by atoms with E-state index in [0.717, 1.165) is 21.3 Å². The molecule has 0 spiro atoms. The average molecular weight is 376 g/mol. The topological polar surface area (TPSA) is 17.8 Å². The Bertz CT molecular complexity index is 598. The van der Waals surface area contributed by atoms with Crippen LogP contribution in [-0.2, 0) is 17.8 Å². The smallest absolute Gasteiger partial charge is 0.132 e. The molecule has 2 rings (SSSR count). The van der Waals surface area contributed by atoms with Crippen molar-refractivity contribution in [2.75, 3.05) is 0 Å². The molecule has 1 aromatic carbocycles. The summed E-state index contributed by atoms with van der Waals surface area (Å²) in [7, 11) is 0. The minimum atomic E-state index is -0.0706. The number of halogens is 3. The molecule has 2 nitrogen and oxygen atoms in total. The first-order valence-electron chi connectivity index (χ1n) is 6.39. The third kappa shape index (κ3) is 3.38. The summed E-state index contributed by atoms with van der Waals surface area (Å²) in [5.41, 5.74) is 2.98. The van der Waals surface area contributed by atoms with Crippen LogP contribution in [0.4, 0.5) is 0 Å². The Kier molecular flexibility index (Phi) is 4.83. The second-order valence-corrected chi connectivity index (χ2v) is 7.33. The van der Waals surface area contributed by atoms with Crippen molar-refractivity contribution in [3.8, 4) is 0 Å². The van der Waals surface area contributed by atoms with E-state index in [1.54, 1.807) is 0 Å². The maximum Gasteiger partial charge on any atom is 0.132 e. The zero-order chi connectivity index (χ0) is 14.9. The molecule has 0 fully saturated rings. The quantitative estimate of drug-likeness (QED) is 0.658. The zero-order valence-corrected chi connectivity index (χ0v) is 14.8. The van der Waals surface area contributed by atoms with Crippen LogP contribution in [0.2, 0.25) is 5.15 Å². The molecule has 0 amide bonds. The van der Waals surface area contributed by atoms with Gasteiger partial charge in [-0.2, -0.15) is 5.10 Å². The van der Waals surface area contributed by atoms with Crippen LogP contribution in [0.15, 0.2) is 28.7 Å². The third-order valence-electron chi connectivity index (χ3n) is 3.07. The summed E-state index contributed by atoms with van der Waals surface area (Å²) >= 11 is 15.9. The van der Waals surface area contributed by atoms with Gasteiger partial charge in [0.1, 0.15) is 5.15 Å². The van der Waals surface area contributed by atoms with Gasteiger partial charge in [0.2, 0.25) is 0 Å². The van der Waals surface area contributed by atoms with Crippen LogP contribution in [-0.4, -0.2) is 9.78 Å². The Hall–Kier alpha value is -0.510. The van der Waals surface area contributed by atoms with E-state index < -0.39 is 0 Å². The zero-order valence-electron chi connectivity index (χ0n) is 11.8. The molecule has 20 heavy (non-hydrogen) atoms. The predicted molar refractivity (Wildman–Crippen MR) is 88.7 cm³/mol. The van der Waals surface area contributed by atoms with E-state index in [1.165, 1.54) is 0 Å². The number of aromatic nitrogens is 2. The molecule has 0 radical (unpaired) electrons. The van der Waals surface area contributed by atoms with Crippen molar-refractivity contribution in [1.29, 1.82) is 0 Å². The van der Waals surface area contributed by atoms with Crippen LogP contribution in [0.1, 0.15) is 37.6 Å². The van der Waals surface area contributed by atoms with E-state index in [-0.39, 0.29) is 5.41 Å². The second kappa shape index (κ2) is 6.08. The molecule has 0 aliphatic carbocycles. The Labute approximate surface area is 138 Å². The number of alkyl halides is 1. The van der Waals surface area contributed by atoms with Crippen LogP contribution in [0.5, 0.6) is 0 Å². The highest BCUT2D eigenvalue weighted by atomic mass is 79.9. The normalized spacial score (nSPS) is 11.9. The molecule has 1 heterocycles. The maximum atomic E-state index is 6.42. The van der Waals surface area contributed by atoms with Gasteiger partial charge in [0.05, 0.1) is 18.1 Å². The van der Waals surface area contributed by atoms with Crippen LogP contribution in [0.3, 0.4) is 0 Å². The Morgan fingerprint density at radius 2 is 1.80 bits per heavy atom. The molecular formula is C15H17BrCl2N2. The monoisotopic (exact) mass is 374 g/mol. The lowest BCUT2D eigenvalue weighted by molar-refractivity contribution is 0.542. The SMILES string of the molecule is CC(C)(C)c1nn(Cc2ccc(Br)cc2)c(Cl)c1CCl. The molecule has 2 aromatic rings. The molecule has 108 valence electrons. The summed E-state index contributed by atoms with van der Waals surface area (Å²) < 4.78 is 2.88. The van der Waals surface area contributed by atoms with Crippen LogP contribution in [0.25, 0.3) is 0 Å². The highest BCUT2D eigenvalue weighted by Gasteiger charge is 2.25. The molecule has 5 heteroatoms. The minimum absolute atomic E-state index is 0.0706. The van der Waals surface area contributed by atoms with Gasteiger partial charge in [-0.15, -0.1) is 11.6 Å². The van der Waals surface area contributed by atoms with E-state index in [0.29, 0.717) is 17.6 Å². The Morgan fingerprint density at radius 3 is 2.25 bits per heavy atom. The van der Waals surface area contributed by atoms with Gasteiger partial charge < -0.3 is 0 Å². The van der Waals surface area contributed by atoms with Gasteiger partial charge in [-0.25, -0.2) is 4.68 Å². The average Bonchev–Trinajstić information content (AvgIpc) is 2.69. The summed E-state index contributed by atoms with van der Waals surface area (Å²) in [6.45, 7) is 7.00. The van der Waals surface area contributed by atoms with Crippen molar-refractivity contribution in [3.63, 3.8) is 0 Å². The van der Waals surface area contributed by atoms with Crippen molar-refractivity contribution in [3.05, 3.63) is 50.7 Å². The molecule has 0 saturated heterocycles. The van der Waals surface area contributed by atoms with E-state index in [4.69, 9.17) is 23.2 Å². The summed E-state index contributed by atoms with van der Waals surface area (Å²) in [6, 6.07) is 8.14. The Morgan fingerprint density at radius 1 is 1.20 bits per heavy atom. The van der Waals surface area contributed by atoms with E-state index in [1.807, 2.05) is 16.8 Å². The molecule has 0 aliphatic heterocycles. The van der Waals surface area contributed by atoms with Gasteiger partial charge in [-0.05, 0) is 17.7 Å². The molecule has 0 saturated carbocycles. The van der Waals surface area contributed by atoms with Gasteiger partial charge in [0.15, 0.2) is 0 Å². The van der Waals surface area contributed by atoms with Gasteiger partial charge in [-0.3, -0.25) is 0 Å². The van der Waals surface area contributed by atoms with Crippen LogP contribution < -0.4 is 0 Å². The fourth-order valence-electron chi connectivity index (χ4n) is 2.07. The van der Waals surface area contributed by atoms with Gasteiger partial charge in [0, 0.05) is 15.5 Å². The van der Waals surface area contributed by atoms with Gasteiger partial charge in [0.25, 0.3) is 0 Å². The summed E-state index contributed by atoms with van der Waals surface area (Å²) in [6.07, 6.45) is 0. The fourth-order valence-corrected chi connectivity index (χ4v) is 2.91. The first kappa shape index (κ1) is 15.9. The van der Waals surface area contributed by atoms with Gasteiger partial charge >= 0.3 is 0 Å². The molecule has 1 aromatic heterocycles. The van der Waals surface area contributed by atoms with Gasteiger partial charge in [-0.1, -0.05) is 60.4 Å². The van der Waals surface area contributed by atoms with Crippen LogP contribution in [0, 0.1) is 0 Å². The third-order valence-corrected chi connectivity index (χ3v) is 4.29. The molecule has 0 N–H and O–H groups in total. The molecule has 0 atom stereocenters. The number of benzene rings is 1. The number of rotatable bonds is 3. The lowest BCUT2D eigenvalue weighted by Gasteiger charge is -2.16. The molecule has 0 aliphatic rings. The number of nitrogens with zero attached hydrogens (tertiary/aromatic N) is 2. The van der Waals surface area contributed by atoms with E-state index in [2.05, 4.69) is 53.9 Å². The summed E-state index contributed by atoms with van der Waals surface area (Å²) in [5, 5.41) is 5.29. The molecule has 0 unspecified atom stereocenters. The van der Waals surface area contributed by atoms with Crippen molar-refractivity contribution in [2.45, 2.75) is 38.6 Å². The summed E-state index contributed by atoms with van der Waals surface area (Å²) in [4.78, 5) is 0. The number of hydrogen-bond donors (Lipinski definition) is 0. The first-order chi connectivity index (χ1) is 9.32. The van der Waals surface area contributed by atoms with E-state index >= 15 is 0 Å². The van der Waals surface area contributed by atoms with Crippen molar-refractivity contribution in [2.24, 2.45) is 0 Å². The lowest BCUT2D eigenvalue weighted by Crippen LogP contribution is -2.14. The number of hydrogen-bond acceptors (Lipinski definition) is 1.